The lowest BCUT2D eigenvalue weighted by Gasteiger charge is -2.07. The highest BCUT2D eigenvalue weighted by Gasteiger charge is 2.11. The van der Waals surface area contributed by atoms with Gasteiger partial charge in [-0.3, -0.25) is 9.71 Å². The summed E-state index contributed by atoms with van der Waals surface area (Å²) in [5, 5.41) is 9.56. The quantitative estimate of drug-likeness (QED) is 0.458. The number of nitrogens with zero attached hydrogens (tertiary/aromatic N) is 5. The summed E-state index contributed by atoms with van der Waals surface area (Å²) in [6.45, 7) is 0.521. The zero-order chi connectivity index (χ0) is 21.4. The van der Waals surface area contributed by atoms with E-state index in [2.05, 4.69) is 26.1 Å². The molecule has 3 aromatic heterocycles. The first-order chi connectivity index (χ1) is 14.9. The highest BCUT2D eigenvalue weighted by atomic mass is 32.2. The summed E-state index contributed by atoms with van der Waals surface area (Å²) in [6.07, 6.45) is 2.90. The van der Waals surface area contributed by atoms with Crippen LogP contribution < -0.4 is 4.72 Å². The summed E-state index contributed by atoms with van der Waals surface area (Å²) in [5.41, 5.74) is 5.34. The third kappa shape index (κ3) is 4.08. The largest absolute Gasteiger partial charge is 0.284 e. The number of hydrogen-bond donors (Lipinski definition) is 1. The van der Waals surface area contributed by atoms with Crippen molar-refractivity contribution < 1.29 is 8.42 Å². The highest BCUT2D eigenvalue weighted by molar-refractivity contribution is 7.92. The molecule has 0 aliphatic heterocycles. The third-order valence-electron chi connectivity index (χ3n) is 4.82. The number of hydrogen-bond acceptors (Lipinski definition) is 6. The van der Waals surface area contributed by atoms with Crippen LogP contribution in [0.2, 0.25) is 0 Å². The monoisotopic (exact) mass is 430 g/mol. The number of sulfonamides is 1. The van der Waals surface area contributed by atoms with E-state index in [1.165, 1.54) is 0 Å². The second-order valence-electron chi connectivity index (χ2n) is 7.27. The fourth-order valence-corrected chi connectivity index (χ4v) is 4.03. The van der Waals surface area contributed by atoms with Crippen molar-refractivity contribution in [2.45, 2.75) is 6.54 Å². The van der Waals surface area contributed by atoms with Crippen molar-refractivity contribution in [1.29, 1.82) is 0 Å². The average Bonchev–Trinajstić information content (AvgIpc) is 3.14. The molecule has 0 amide bonds. The van der Waals surface area contributed by atoms with Crippen LogP contribution >= 0.6 is 0 Å². The first-order valence-electron chi connectivity index (χ1n) is 9.57. The zero-order valence-corrected chi connectivity index (χ0v) is 17.4. The van der Waals surface area contributed by atoms with Crippen LogP contribution in [0.3, 0.4) is 0 Å². The molecule has 5 rings (SSSR count). The van der Waals surface area contributed by atoms with Crippen molar-refractivity contribution in [3.05, 3.63) is 78.5 Å². The van der Waals surface area contributed by atoms with Gasteiger partial charge in [-0.2, -0.15) is 0 Å². The second kappa shape index (κ2) is 7.44. The van der Waals surface area contributed by atoms with E-state index in [4.69, 9.17) is 4.98 Å². The Kier molecular flexibility index (Phi) is 4.59. The van der Waals surface area contributed by atoms with Crippen LogP contribution in [0.5, 0.6) is 0 Å². The van der Waals surface area contributed by atoms with Crippen LogP contribution in [-0.4, -0.2) is 39.6 Å². The molecular formula is C22H18N6O2S. The highest BCUT2D eigenvalue weighted by Crippen LogP contribution is 2.24. The predicted octanol–water partition coefficient (Wildman–Crippen LogP) is 3.46. The molecule has 0 aliphatic rings. The minimum Gasteiger partial charge on any atom is -0.284 e. The molecule has 154 valence electrons. The molecule has 8 nitrogen and oxygen atoms in total. The molecule has 2 aromatic carbocycles. The van der Waals surface area contributed by atoms with E-state index < -0.39 is 10.0 Å². The second-order valence-corrected chi connectivity index (χ2v) is 9.02. The Hall–Kier alpha value is -3.85. The molecular weight excluding hydrogens is 412 g/mol. The normalized spacial score (nSPS) is 11.8. The summed E-state index contributed by atoms with van der Waals surface area (Å²) >= 11 is 0. The van der Waals surface area contributed by atoms with E-state index in [0.29, 0.717) is 29.1 Å². The molecule has 0 radical (unpaired) electrons. The van der Waals surface area contributed by atoms with Gasteiger partial charge in [0.15, 0.2) is 5.65 Å². The lowest BCUT2D eigenvalue weighted by molar-refractivity contribution is 0.607. The molecule has 0 atom stereocenters. The standard InChI is InChI=1S/C22H18N6O2S/c1-31(29,30)26-18-6-2-4-17(13-18)20-9-10-21-22(24-20)28(27-25-21)14-15-7-8-19-16(12-15)5-3-11-23-19/h2-13,26H,14H2,1H3. The summed E-state index contributed by atoms with van der Waals surface area (Å²) in [4.78, 5) is 9.10. The zero-order valence-electron chi connectivity index (χ0n) is 16.6. The maximum Gasteiger partial charge on any atom is 0.229 e. The minimum absolute atomic E-state index is 0.485. The molecule has 5 aromatic rings. The van der Waals surface area contributed by atoms with E-state index in [0.717, 1.165) is 28.3 Å². The Morgan fingerprint density at radius 3 is 2.71 bits per heavy atom. The Morgan fingerprint density at radius 1 is 0.968 bits per heavy atom. The minimum atomic E-state index is -3.36. The van der Waals surface area contributed by atoms with Gasteiger partial charge < -0.3 is 0 Å². The van der Waals surface area contributed by atoms with Crippen LogP contribution in [0.15, 0.2) is 72.9 Å². The van der Waals surface area contributed by atoms with Crippen LogP contribution in [0.25, 0.3) is 33.3 Å². The molecule has 0 bridgehead atoms. The molecule has 0 aliphatic carbocycles. The number of rotatable bonds is 5. The van der Waals surface area contributed by atoms with Gasteiger partial charge in [-0.15, -0.1) is 5.10 Å². The Morgan fingerprint density at radius 2 is 1.84 bits per heavy atom. The van der Waals surface area contributed by atoms with Gasteiger partial charge >= 0.3 is 0 Å². The van der Waals surface area contributed by atoms with Crippen LogP contribution in [-0.2, 0) is 16.6 Å². The van der Waals surface area contributed by atoms with Gasteiger partial charge in [-0.25, -0.2) is 18.1 Å². The fraction of sp³-hybridized carbons (Fsp3) is 0.0909. The lowest BCUT2D eigenvalue weighted by Crippen LogP contribution is -2.09. The summed E-state index contributed by atoms with van der Waals surface area (Å²) in [7, 11) is -3.36. The summed E-state index contributed by atoms with van der Waals surface area (Å²) in [5.74, 6) is 0. The van der Waals surface area contributed by atoms with E-state index in [1.807, 2.05) is 42.5 Å². The fourth-order valence-electron chi connectivity index (χ4n) is 3.47. The third-order valence-corrected chi connectivity index (χ3v) is 5.43. The van der Waals surface area contributed by atoms with Gasteiger partial charge in [0.1, 0.15) is 5.52 Å². The number of fused-ring (bicyclic) bond motifs is 2. The maximum absolute atomic E-state index is 11.5. The Labute approximate surface area is 178 Å². The van der Waals surface area contributed by atoms with Crippen molar-refractivity contribution in [2.24, 2.45) is 0 Å². The Balaban J connectivity index is 1.50. The van der Waals surface area contributed by atoms with Crippen LogP contribution in [0, 0.1) is 0 Å². The Bertz CT molecular complexity index is 1530. The van der Waals surface area contributed by atoms with Crippen LogP contribution in [0.1, 0.15) is 5.56 Å². The lowest BCUT2D eigenvalue weighted by atomic mass is 10.1. The molecule has 0 saturated carbocycles. The van der Waals surface area contributed by atoms with Crippen molar-refractivity contribution in [3.8, 4) is 11.3 Å². The number of benzene rings is 2. The SMILES string of the molecule is CS(=O)(=O)Nc1cccc(-c2ccc3nnn(Cc4ccc5ncccc5c4)c3n2)c1. The summed E-state index contributed by atoms with van der Waals surface area (Å²) < 4.78 is 27.3. The molecule has 0 spiro atoms. The van der Waals surface area contributed by atoms with Crippen molar-refractivity contribution in [2.75, 3.05) is 11.0 Å². The molecule has 0 saturated heterocycles. The van der Waals surface area contributed by atoms with Crippen molar-refractivity contribution in [3.63, 3.8) is 0 Å². The van der Waals surface area contributed by atoms with Gasteiger partial charge in [-0.05, 0) is 48.0 Å². The molecule has 1 N–H and O–H groups in total. The van der Waals surface area contributed by atoms with Crippen molar-refractivity contribution >= 4 is 37.8 Å². The van der Waals surface area contributed by atoms with Gasteiger partial charge in [0.25, 0.3) is 0 Å². The smallest absolute Gasteiger partial charge is 0.229 e. The number of aromatic nitrogens is 5. The van der Waals surface area contributed by atoms with Crippen molar-refractivity contribution in [1.82, 2.24) is 25.0 Å². The predicted molar refractivity (Wildman–Crippen MR) is 120 cm³/mol. The molecule has 9 heteroatoms. The first kappa shape index (κ1) is 19.1. The molecule has 3 heterocycles. The van der Waals surface area contributed by atoms with Gasteiger partial charge in [0.2, 0.25) is 10.0 Å². The van der Waals surface area contributed by atoms with E-state index in [-0.39, 0.29) is 0 Å². The van der Waals surface area contributed by atoms with Gasteiger partial charge in [0.05, 0.1) is 24.0 Å². The molecule has 0 unspecified atom stereocenters. The number of anilines is 1. The van der Waals surface area contributed by atoms with E-state index in [1.54, 1.807) is 29.1 Å². The van der Waals surface area contributed by atoms with Crippen LogP contribution in [0.4, 0.5) is 5.69 Å². The maximum atomic E-state index is 11.5. The van der Waals surface area contributed by atoms with E-state index in [9.17, 15) is 8.42 Å². The topological polar surface area (TPSA) is 103 Å². The van der Waals surface area contributed by atoms with Gasteiger partial charge in [-0.1, -0.05) is 29.5 Å². The number of nitrogens with one attached hydrogen (secondary N) is 1. The van der Waals surface area contributed by atoms with Gasteiger partial charge in [0, 0.05) is 22.8 Å². The molecule has 31 heavy (non-hydrogen) atoms. The molecule has 0 fully saturated rings. The van der Waals surface area contributed by atoms with E-state index >= 15 is 0 Å². The first-order valence-corrected chi connectivity index (χ1v) is 11.5. The average molecular weight is 430 g/mol. The summed E-state index contributed by atoms with van der Waals surface area (Å²) in [6, 6.07) is 20.9. The number of pyridine rings is 2.